The van der Waals surface area contributed by atoms with E-state index >= 15 is 0 Å². The summed E-state index contributed by atoms with van der Waals surface area (Å²) in [6.07, 6.45) is 3.20. The number of pyridine rings is 1. The van der Waals surface area contributed by atoms with Crippen LogP contribution in [0.3, 0.4) is 0 Å². The van der Waals surface area contributed by atoms with Crippen molar-refractivity contribution >= 4 is 17.3 Å². The van der Waals surface area contributed by atoms with Gasteiger partial charge in [0, 0.05) is 31.0 Å². The molecule has 0 spiro atoms. The van der Waals surface area contributed by atoms with Gasteiger partial charge in [-0.05, 0) is 49.2 Å². The van der Waals surface area contributed by atoms with Gasteiger partial charge in [0.2, 0.25) is 5.91 Å². The van der Waals surface area contributed by atoms with Gasteiger partial charge in [0.05, 0.1) is 11.7 Å². The topological polar surface area (TPSA) is 45.2 Å². The molecule has 0 radical (unpaired) electrons. The highest BCUT2D eigenvalue weighted by Crippen LogP contribution is 2.30. The zero-order valence-electron chi connectivity index (χ0n) is 12.3. The molecule has 1 N–H and O–H groups in total. The van der Waals surface area contributed by atoms with Gasteiger partial charge in [-0.3, -0.25) is 9.78 Å². The molecule has 0 saturated carbocycles. The maximum atomic E-state index is 11.7. The number of amides is 1. The molecule has 4 heteroatoms. The second-order valence-corrected chi connectivity index (χ2v) is 5.42. The molecule has 1 atom stereocenters. The Hall–Kier alpha value is -2.36. The molecule has 1 aliphatic heterocycles. The lowest BCUT2D eigenvalue weighted by Crippen LogP contribution is -2.31. The fraction of sp³-hybridized carbons (Fsp3) is 0.294. The number of rotatable bonds is 3. The van der Waals surface area contributed by atoms with Crippen LogP contribution in [-0.2, 0) is 11.2 Å². The molecule has 1 amide bonds. The van der Waals surface area contributed by atoms with Crippen molar-refractivity contribution in [1.82, 2.24) is 4.98 Å². The fourth-order valence-corrected chi connectivity index (χ4v) is 2.70. The third-order valence-electron chi connectivity index (χ3n) is 3.94. The Morgan fingerprint density at radius 3 is 2.86 bits per heavy atom. The van der Waals surface area contributed by atoms with Gasteiger partial charge in [0.25, 0.3) is 0 Å². The van der Waals surface area contributed by atoms with Gasteiger partial charge in [-0.2, -0.15) is 0 Å². The summed E-state index contributed by atoms with van der Waals surface area (Å²) in [7, 11) is 1.84. The van der Waals surface area contributed by atoms with Crippen LogP contribution in [0.15, 0.2) is 42.6 Å². The standard InChI is InChI=1S/C17H19N3O/c1-12(15-5-3-4-10-18-15)19-14-7-8-16-13(11-14)6-9-17(21)20(16)2/h3-5,7-8,10-12,19H,6,9H2,1-2H3. The molecule has 1 aromatic heterocycles. The number of carbonyl (C=O) groups is 1. The zero-order valence-corrected chi connectivity index (χ0v) is 12.3. The number of nitrogens with one attached hydrogen (secondary N) is 1. The number of hydrogen-bond donors (Lipinski definition) is 1. The van der Waals surface area contributed by atoms with E-state index in [1.807, 2.05) is 37.4 Å². The van der Waals surface area contributed by atoms with Gasteiger partial charge in [-0.1, -0.05) is 6.07 Å². The largest absolute Gasteiger partial charge is 0.377 e. The average molecular weight is 281 g/mol. The molecular formula is C17H19N3O. The fourth-order valence-electron chi connectivity index (χ4n) is 2.70. The SMILES string of the molecule is CC(Nc1ccc2c(c1)CCC(=O)N2C)c1ccccn1. The Balaban J connectivity index is 1.80. The molecule has 0 saturated heterocycles. The number of nitrogens with zero attached hydrogens (tertiary/aromatic N) is 2. The molecule has 2 aromatic rings. The summed E-state index contributed by atoms with van der Waals surface area (Å²) in [5, 5.41) is 3.47. The zero-order chi connectivity index (χ0) is 14.8. The van der Waals surface area contributed by atoms with E-state index in [0.29, 0.717) is 6.42 Å². The molecule has 1 unspecified atom stereocenters. The van der Waals surface area contributed by atoms with Crippen molar-refractivity contribution in [2.24, 2.45) is 0 Å². The molecule has 0 aliphatic carbocycles. The van der Waals surface area contributed by atoms with E-state index in [-0.39, 0.29) is 11.9 Å². The Kier molecular flexibility index (Phi) is 3.60. The number of carbonyl (C=O) groups excluding carboxylic acids is 1. The van der Waals surface area contributed by atoms with Crippen molar-refractivity contribution in [3.63, 3.8) is 0 Å². The highest BCUT2D eigenvalue weighted by Gasteiger charge is 2.21. The quantitative estimate of drug-likeness (QED) is 0.940. The predicted molar refractivity (Wildman–Crippen MR) is 84.4 cm³/mol. The summed E-state index contributed by atoms with van der Waals surface area (Å²) in [6, 6.07) is 12.2. The molecule has 108 valence electrons. The predicted octanol–water partition coefficient (Wildman–Crippen LogP) is 3.16. The first-order valence-electron chi connectivity index (χ1n) is 7.22. The van der Waals surface area contributed by atoms with Crippen LogP contribution < -0.4 is 10.2 Å². The van der Waals surface area contributed by atoms with Gasteiger partial charge in [-0.25, -0.2) is 0 Å². The number of hydrogen-bond acceptors (Lipinski definition) is 3. The van der Waals surface area contributed by atoms with Gasteiger partial charge < -0.3 is 10.2 Å². The molecular weight excluding hydrogens is 262 g/mol. The summed E-state index contributed by atoms with van der Waals surface area (Å²) >= 11 is 0. The first kappa shape index (κ1) is 13.6. The van der Waals surface area contributed by atoms with Crippen molar-refractivity contribution in [2.75, 3.05) is 17.3 Å². The van der Waals surface area contributed by atoms with Gasteiger partial charge in [-0.15, -0.1) is 0 Å². The highest BCUT2D eigenvalue weighted by molar-refractivity contribution is 5.96. The Bertz CT molecular complexity index is 654. The third kappa shape index (κ3) is 2.75. The maximum Gasteiger partial charge on any atom is 0.227 e. The minimum atomic E-state index is 0.146. The van der Waals surface area contributed by atoms with E-state index in [4.69, 9.17) is 0 Å². The van der Waals surface area contributed by atoms with E-state index in [9.17, 15) is 4.79 Å². The van der Waals surface area contributed by atoms with Crippen LogP contribution in [0.2, 0.25) is 0 Å². The van der Waals surface area contributed by atoms with E-state index < -0.39 is 0 Å². The minimum absolute atomic E-state index is 0.146. The lowest BCUT2D eigenvalue weighted by atomic mass is 10.0. The number of fused-ring (bicyclic) bond motifs is 1. The van der Waals surface area contributed by atoms with E-state index in [1.165, 1.54) is 5.56 Å². The Morgan fingerprint density at radius 1 is 1.24 bits per heavy atom. The van der Waals surface area contributed by atoms with Crippen LogP contribution in [0.25, 0.3) is 0 Å². The van der Waals surface area contributed by atoms with Gasteiger partial charge in [0.15, 0.2) is 0 Å². The van der Waals surface area contributed by atoms with Crippen molar-refractivity contribution < 1.29 is 4.79 Å². The first-order chi connectivity index (χ1) is 10.1. The van der Waals surface area contributed by atoms with Gasteiger partial charge in [0.1, 0.15) is 0 Å². The molecule has 1 aromatic carbocycles. The molecule has 3 rings (SSSR count). The second kappa shape index (κ2) is 5.56. The van der Waals surface area contributed by atoms with E-state index in [2.05, 4.69) is 23.3 Å². The summed E-state index contributed by atoms with van der Waals surface area (Å²) in [6.45, 7) is 2.09. The lowest BCUT2D eigenvalue weighted by molar-refractivity contribution is -0.118. The van der Waals surface area contributed by atoms with Crippen molar-refractivity contribution in [3.05, 3.63) is 53.9 Å². The van der Waals surface area contributed by atoms with Crippen molar-refractivity contribution in [2.45, 2.75) is 25.8 Å². The molecule has 0 fully saturated rings. The molecule has 0 bridgehead atoms. The van der Waals surface area contributed by atoms with Crippen molar-refractivity contribution in [3.8, 4) is 0 Å². The Labute approximate surface area is 124 Å². The molecule has 4 nitrogen and oxygen atoms in total. The van der Waals surface area contributed by atoms with E-state index in [0.717, 1.165) is 23.5 Å². The van der Waals surface area contributed by atoms with Crippen LogP contribution in [0.1, 0.15) is 30.6 Å². The lowest BCUT2D eigenvalue weighted by Gasteiger charge is -2.26. The van der Waals surface area contributed by atoms with Crippen LogP contribution >= 0.6 is 0 Å². The summed E-state index contributed by atoms with van der Waals surface area (Å²) in [4.78, 5) is 17.8. The monoisotopic (exact) mass is 281 g/mol. The van der Waals surface area contributed by atoms with E-state index in [1.54, 1.807) is 11.1 Å². The van der Waals surface area contributed by atoms with Crippen LogP contribution in [0.5, 0.6) is 0 Å². The second-order valence-electron chi connectivity index (χ2n) is 5.42. The van der Waals surface area contributed by atoms with Crippen LogP contribution in [-0.4, -0.2) is 17.9 Å². The van der Waals surface area contributed by atoms with Gasteiger partial charge >= 0.3 is 0 Å². The smallest absolute Gasteiger partial charge is 0.227 e. The number of anilines is 2. The molecule has 21 heavy (non-hydrogen) atoms. The summed E-state index contributed by atoms with van der Waals surface area (Å²) in [5.74, 6) is 0.185. The summed E-state index contributed by atoms with van der Waals surface area (Å²) < 4.78 is 0. The van der Waals surface area contributed by atoms with Crippen molar-refractivity contribution in [1.29, 1.82) is 0 Å². The normalized spacial score (nSPS) is 15.5. The van der Waals surface area contributed by atoms with Crippen LogP contribution in [0, 0.1) is 0 Å². The third-order valence-corrected chi connectivity index (χ3v) is 3.94. The Morgan fingerprint density at radius 2 is 2.10 bits per heavy atom. The number of benzene rings is 1. The van der Waals surface area contributed by atoms with Crippen LogP contribution in [0.4, 0.5) is 11.4 Å². The molecule has 2 heterocycles. The number of aromatic nitrogens is 1. The number of aryl methyl sites for hydroxylation is 1. The summed E-state index contributed by atoms with van der Waals surface area (Å²) in [5.41, 5.74) is 4.31. The average Bonchev–Trinajstić information content (AvgIpc) is 2.52. The molecule has 1 aliphatic rings. The first-order valence-corrected chi connectivity index (χ1v) is 7.22. The highest BCUT2D eigenvalue weighted by atomic mass is 16.2. The minimum Gasteiger partial charge on any atom is -0.377 e. The maximum absolute atomic E-state index is 11.7.